The molecule has 1 N–H and O–H groups in total. The summed E-state index contributed by atoms with van der Waals surface area (Å²) >= 11 is 6.08. The van der Waals surface area contributed by atoms with Gasteiger partial charge >= 0.3 is 0 Å². The number of hydrogen-bond donors (Lipinski definition) is 1. The summed E-state index contributed by atoms with van der Waals surface area (Å²) in [5, 5.41) is 11.1. The number of rotatable bonds is 2. The van der Waals surface area contributed by atoms with Gasteiger partial charge in [0.05, 0.1) is 0 Å². The Morgan fingerprint density at radius 3 is 2.18 bits per heavy atom. The van der Waals surface area contributed by atoms with E-state index >= 15 is 0 Å². The van der Waals surface area contributed by atoms with E-state index in [0.717, 1.165) is 0 Å². The molecule has 0 fully saturated rings. The highest BCUT2D eigenvalue weighted by molar-refractivity contribution is 6.31. The molecule has 1 atom stereocenters. The SMILES string of the molecule is C#C[C@@](O)(c1ccccc1)c1ccccc1Cl. The molecule has 0 bridgehead atoms. The first-order valence-electron chi connectivity index (χ1n) is 5.19. The van der Waals surface area contributed by atoms with Crippen molar-refractivity contribution in [1.29, 1.82) is 0 Å². The summed E-state index contributed by atoms with van der Waals surface area (Å²) in [4.78, 5) is 0. The van der Waals surface area contributed by atoms with Crippen molar-refractivity contribution in [3.63, 3.8) is 0 Å². The maximum absolute atomic E-state index is 10.6. The van der Waals surface area contributed by atoms with E-state index in [2.05, 4.69) is 5.92 Å². The minimum absolute atomic E-state index is 0.455. The highest BCUT2D eigenvalue weighted by Crippen LogP contribution is 2.33. The summed E-state index contributed by atoms with van der Waals surface area (Å²) in [5.74, 6) is 2.42. The molecule has 2 aromatic carbocycles. The van der Waals surface area contributed by atoms with Gasteiger partial charge in [0.1, 0.15) is 0 Å². The quantitative estimate of drug-likeness (QED) is 0.802. The van der Waals surface area contributed by atoms with Gasteiger partial charge in [-0.1, -0.05) is 66.1 Å². The van der Waals surface area contributed by atoms with Crippen LogP contribution in [0.4, 0.5) is 0 Å². The first-order chi connectivity index (χ1) is 8.18. The van der Waals surface area contributed by atoms with Crippen molar-refractivity contribution >= 4 is 11.6 Å². The lowest BCUT2D eigenvalue weighted by atomic mass is 9.87. The molecular formula is C15H11ClO. The van der Waals surface area contributed by atoms with Crippen molar-refractivity contribution < 1.29 is 5.11 Å². The van der Waals surface area contributed by atoms with Crippen molar-refractivity contribution in [2.75, 3.05) is 0 Å². The van der Waals surface area contributed by atoms with E-state index in [0.29, 0.717) is 16.1 Å². The summed E-state index contributed by atoms with van der Waals surface area (Å²) in [6, 6.07) is 16.1. The monoisotopic (exact) mass is 242 g/mol. The van der Waals surface area contributed by atoms with Crippen LogP contribution in [0.25, 0.3) is 0 Å². The molecule has 1 nitrogen and oxygen atoms in total. The van der Waals surface area contributed by atoms with Gasteiger partial charge in [0.15, 0.2) is 5.60 Å². The molecule has 0 aliphatic rings. The van der Waals surface area contributed by atoms with Crippen LogP contribution in [0, 0.1) is 12.3 Å². The van der Waals surface area contributed by atoms with Crippen LogP contribution >= 0.6 is 11.6 Å². The molecule has 0 aromatic heterocycles. The van der Waals surface area contributed by atoms with E-state index in [-0.39, 0.29) is 0 Å². The van der Waals surface area contributed by atoms with Crippen molar-refractivity contribution in [3.8, 4) is 12.3 Å². The van der Waals surface area contributed by atoms with Crippen LogP contribution in [-0.4, -0.2) is 5.11 Å². The van der Waals surface area contributed by atoms with Crippen molar-refractivity contribution in [2.24, 2.45) is 0 Å². The molecule has 0 saturated carbocycles. The molecule has 0 aliphatic heterocycles. The second-order valence-electron chi connectivity index (χ2n) is 3.70. The summed E-state index contributed by atoms with van der Waals surface area (Å²) in [5.41, 5.74) is -0.328. The zero-order chi connectivity index (χ0) is 12.3. The van der Waals surface area contributed by atoms with Gasteiger partial charge in [0.2, 0.25) is 0 Å². The summed E-state index contributed by atoms with van der Waals surface area (Å²) in [6.07, 6.45) is 5.48. The Morgan fingerprint density at radius 2 is 1.59 bits per heavy atom. The van der Waals surface area contributed by atoms with Crippen LogP contribution in [0.15, 0.2) is 54.6 Å². The predicted molar refractivity (Wildman–Crippen MR) is 69.7 cm³/mol. The van der Waals surface area contributed by atoms with Crippen LogP contribution in [0.5, 0.6) is 0 Å². The topological polar surface area (TPSA) is 20.2 Å². The van der Waals surface area contributed by atoms with Gasteiger partial charge in [-0.3, -0.25) is 0 Å². The number of halogens is 1. The van der Waals surface area contributed by atoms with Gasteiger partial charge in [-0.05, 0) is 6.07 Å². The Bertz CT molecular complexity index is 557. The molecule has 0 spiro atoms. The van der Waals surface area contributed by atoms with Gasteiger partial charge < -0.3 is 5.11 Å². The normalized spacial score (nSPS) is 13.7. The number of benzene rings is 2. The molecule has 0 amide bonds. The fourth-order valence-corrected chi connectivity index (χ4v) is 2.02. The predicted octanol–water partition coefficient (Wildman–Crippen LogP) is 3.21. The van der Waals surface area contributed by atoms with E-state index in [1.54, 1.807) is 36.4 Å². The third kappa shape index (κ3) is 2.06. The average molecular weight is 243 g/mol. The second kappa shape index (κ2) is 4.63. The van der Waals surface area contributed by atoms with Crippen LogP contribution in [0.3, 0.4) is 0 Å². The highest BCUT2D eigenvalue weighted by Gasteiger charge is 2.30. The average Bonchev–Trinajstić information content (AvgIpc) is 2.39. The zero-order valence-corrected chi connectivity index (χ0v) is 9.85. The van der Waals surface area contributed by atoms with Gasteiger partial charge in [0, 0.05) is 16.1 Å². The minimum atomic E-state index is -1.49. The Hall–Kier alpha value is -1.75. The van der Waals surface area contributed by atoms with Crippen LogP contribution in [0.1, 0.15) is 11.1 Å². The van der Waals surface area contributed by atoms with E-state index in [1.165, 1.54) is 0 Å². The molecule has 2 heteroatoms. The lowest BCUT2D eigenvalue weighted by molar-refractivity contribution is 0.145. The van der Waals surface area contributed by atoms with Crippen molar-refractivity contribution in [2.45, 2.75) is 5.60 Å². The fraction of sp³-hybridized carbons (Fsp3) is 0.0667. The summed E-state index contributed by atoms with van der Waals surface area (Å²) in [6.45, 7) is 0. The lowest BCUT2D eigenvalue weighted by Crippen LogP contribution is -2.25. The van der Waals surface area contributed by atoms with Crippen LogP contribution in [-0.2, 0) is 5.60 Å². The second-order valence-corrected chi connectivity index (χ2v) is 4.11. The molecular weight excluding hydrogens is 232 g/mol. The lowest BCUT2D eigenvalue weighted by Gasteiger charge is -2.24. The third-order valence-electron chi connectivity index (χ3n) is 2.66. The Kier molecular flexibility index (Phi) is 3.19. The standard InChI is InChI=1S/C15H11ClO/c1-2-15(17,12-8-4-3-5-9-12)13-10-6-7-11-14(13)16/h1,3-11,17H/t15-/m1/s1. The minimum Gasteiger partial charge on any atom is -0.369 e. The molecule has 84 valence electrons. The Morgan fingerprint density at radius 1 is 1.00 bits per heavy atom. The van der Waals surface area contributed by atoms with Gasteiger partial charge in [-0.15, -0.1) is 6.42 Å². The van der Waals surface area contributed by atoms with Crippen molar-refractivity contribution in [3.05, 3.63) is 70.7 Å². The largest absolute Gasteiger partial charge is 0.369 e. The summed E-state index contributed by atoms with van der Waals surface area (Å²) < 4.78 is 0. The van der Waals surface area contributed by atoms with Crippen molar-refractivity contribution in [1.82, 2.24) is 0 Å². The van der Waals surface area contributed by atoms with Gasteiger partial charge in [-0.25, -0.2) is 0 Å². The fourth-order valence-electron chi connectivity index (χ4n) is 1.75. The first kappa shape index (κ1) is 11.7. The maximum atomic E-state index is 10.6. The Labute approximate surface area is 106 Å². The molecule has 2 aromatic rings. The number of aliphatic hydroxyl groups is 1. The first-order valence-corrected chi connectivity index (χ1v) is 5.57. The molecule has 0 heterocycles. The molecule has 0 saturated heterocycles. The third-order valence-corrected chi connectivity index (χ3v) is 2.99. The number of hydrogen-bond acceptors (Lipinski definition) is 1. The molecule has 0 radical (unpaired) electrons. The molecule has 0 unspecified atom stereocenters. The highest BCUT2D eigenvalue weighted by atomic mass is 35.5. The van der Waals surface area contributed by atoms with Crippen LogP contribution < -0.4 is 0 Å². The zero-order valence-electron chi connectivity index (χ0n) is 9.10. The smallest absolute Gasteiger partial charge is 0.178 e. The van der Waals surface area contributed by atoms with E-state index in [9.17, 15) is 5.11 Å². The van der Waals surface area contributed by atoms with E-state index < -0.39 is 5.60 Å². The Balaban J connectivity index is 2.62. The number of terminal acetylenes is 1. The maximum Gasteiger partial charge on any atom is 0.178 e. The van der Waals surface area contributed by atoms with E-state index in [4.69, 9.17) is 18.0 Å². The van der Waals surface area contributed by atoms with Gasteiger partial charge in [-0.2, -0.15) is 0 Å². The molecule has 0 aliphatic carbocycles. The van der Waals surface area contributed by atoms with Gasteiger partial charge in [0.25, 0.3) is 0 Å². The van der Waals surface area contributed by atoms with Crippen LogP contribution in [0.2, 0.25) is 5.02 Å². The molecule has 17 heavy (non-hydrogen) atoms. The van der Waals surface area contributed by atoms with E-state index in [1.807, 2.05) is 18.2 Å². The summed E-state index contributed by atoms with van der Waals surface area (Å²) in [7, 11) is 0. The molecule has 2 rings (SSSR count).